The van der Waals surface area contributed by atoms with Crippen molar-refractivity contribution in [1.82, 2.24) is 0 Å². The molecule has 18 heavy (non-hydrogen) atoms. The second-order valence-electron chi connectivity index (χ2n) is 9.04. The van der Waals surface area contributed by atoms with Crippen LogP contribution in [0.3, 0.4) is 0 Å². The molecule has 0 aromatic carbocycles. The van der Waals surface area contributed by atoms with Gasteiger partial charge in [-0.25, -0.2) is 0 Å². The van der Waals surface area contributed by atoms with Gasteiger partial charge in [-0.3, -0.25) is 0 Å². The Bertz CT molecular complexity index is 276. The van der Waals surface area contributed by atoms with Crippen molar-refractivity contribution in [3.8, 4) is 0 Å². The molecule has 0 N–H and O–H groups in total. The summed E-state index contributed by atoms with van der Waals surface area (Å²) in [5.41, 5.74) is 1.68. The lowest BCUT2D eigenvalue weighted by atomic mass is 9.66. The van der Waals surface area contributed by atoms with E-state index in [4.69, 9.17) is 0 Å². The first-order valence-electron chi connectivity index (χ1n) is 8.02. The van der Waals surface area contributed by atoms with Crippen LogP contribution < -0.4 is 0 Å². The molecule has 0 saturated heterocycles. The number of rotatable bonds is 7. The van der Waals surface area contributed by atoms with E-state index in [1.165, 1.54) is 32.1 Å². The molecule has 1 rings (SSSR count). The van der Waals surface area contributed by atoms with Crippen molar-refractivity contribution in [3.63, 3.8) is 0 Å². The van der Waals surface area contributed by atoms with Crippen LogP contribution in [0.1, 0.15) is 87.5 Å². The van der Waals surface area contributed by atoms with E-state index in [0.29, 0.717) is 16.2 Å². The zero-order valence-corrected chi connectivity index (χ0v) is 14.2. The summed E-state index contributed by atoms with van der Waals surface area (Å²) in [6.07, 6.45) is 6.94. The highest BCUT2D eigenvalue weighted by Crippen LogP contribution is 2.59. The van der Waals surface area contributed by atoms with Crippen molar-refractivity contribution in [1.29, 1.82) is 0 Å². The van der Waals surface area contributed by atoms with Gasteiger partial charge in [0, 0.05) is 0 Å². The fourth-order valence-electron chi connectivity index (χ4n) is 4.53. The average molecular weight is 252 g/mol. The van der Waals surface area contributed by atoms with Gasteiger partial charge >= 0.3 is 0 Å². The molecule has 0 nitrogen and oxygen atoms in total. The van der Waals surface area contributed by atoms with E-state index >= 15 is 0 Å². The Hall–Kier alpha value is 0. The normalized spacial score (nSPS) is 31.5. The lowest BCUT2D eigenvalue weighted by Crippen LogP contribution is -2.28. The third kappa shape index (κ3) is 4.28. The average Bonchev–Trinajstić information content (AvgIpc) is 2.69. The predicted octanol–water partition coefficient (Wildman–Crippen LogP) is 6.30. The van der Waals surface area contributed by atoms with Crippen LogP contribution in [-0.2, 0) is 0 Å². The molecule has 0 aliphatic heterocycles. The molecule has 1 saturated carbocycles. The van der Waals surface area contributed by atoms with Gasteiger partial charge in [0.1, 0.15) is 0 Å². The van der Waals surface area contributed by atoms with Gasteiger partial charge in [-0.05, 0) is 53.8 Å². The van der Waals surface area contributed by atoms with Crippen molar-refractivity contribution >= 4 is 0 Å². The Morgan fingerprint density at radius 2 is 1.72 bits per heavy atom. The van der Waals surface area contributed by atoms with Crippen molar-refractivity contribution in [2.24, 2.45) is 28.1 Å². The van der Waals surface area contributed by atoms with Gasteiger partial charge in [0.25, 0.3) is 0 Å². The van der Waals surface area contributed by atoms with Crippen LogP contribution in [-0.4, -0.2) is 0 Å². The molecule has 0 aromatic rings. The van der Waals surface area contributed by atoms with Crippen molar-refractivity contribution < 1.29 is 0 Å². The molecule has 3 unspecified atom stereocenters. The van der Waals surface area contributed by atoms with E-state index in [1.807, 2.05) is 0 Å². The Labute approximate surface area is 116 Å². The summed E-state index contributed by atoms with van der Waals surface area (Å²) in [7, 11) is 0. The molecule has 0 heteroatoms. The SMILES string of the molecule is CCC(C)(CC(C)C)CC(C)(C)CC1(C)CC1C. The maximum atomic E-state index is 2.51. The number of hydrogen-bond acceptors (Lipinski definition) is 0. The zero-order chi connectivity index (χ0) is 14.2. The van der Waals surface area contributed by atoms with E-state index < -0.39 is 0 Å². The van der Waals surface area contributed by atoms with E-state index in [-0.39, 0.29) is 0 Å². The summed E-state index contributed by atoms with van der Waals surface area (Å²) in [5, 5.41) is 0. The van der Waals surface area contributed by atoms with Gasteiger partial charge in [-0.2, -0.15) is 0 Å². The van der Waals surface area contributed by atoms with E-state index in [0.717, 1.165) is 11.8 Å². The highest BCUT2D eigenvalue weighted by molar-refractivity contribution is 4.99. The number of hydrogen-bond donors (Lipinski definition) is 0. The lowest BCUT2D eigenvalue weighted by molar-refractivity contribution is 0.113. The first kappa shape index (κ1) is 16.1. The summed E-state index contributed by atoms with van der Waals surface area (Å²) in [4.78, 5) is 0. The molecule has 1 aliphatic carbocycles. The molecule has 0 heterocycles. The third-order valence-corrected chi connectivity index (χ3v) is 5.34. The highest BCUT2D eigenvalue weighted by Gasteiger charge is 2.49. The van der Waals surface area contributed by atoms with Gasteiger partial charge in [0.15, 0.2) is 0 Å². The summed E-state index contributed by atoms with van der Waals surface area (Å²) in [6.45, 7) is 19.5. The highest BCUT2D eigenvalue weighted by atomic mass is 14.5. The fourth-order valence-corrected chi connectivity index (χ4v) is 4.53. The second-order valence-corrected chi connectivity index (χ2v) is 9.04. The van der Waals surface area contributed by atoms with Crippen molar-refractivity contribution in [2.75, 3.05) is 0 Å². The molecular formula is C18H36. The molecular weight excluding hydrogens is 216 g/mol. The molecule has 1 fully saturated rings. The Kier molecular flexibility index (Phi) is 4.62. The van der Waals surface area contributed by atoms with Crippen molar-refractivity contribution in [3.05, 3.63) is 0 Å². The summed E-state index contributed by atoms with van der Waals surface area (Å²) in [5.74, 6) is 1.77. The minimum absolute atomic E-state index is 0.499. The molecule has 0 radical (unpaired) electrons. The quantitative estimate of drug-likeness (QED) is 0.498. The van der Waals surface area contributed by atoms with Crippen LogP contribution in [0.15, 0.2) is 0 Å². The molecule has 108 valence electrons. The zero-order valence-electron chi connectivity index (χ0n) is 14.2. The van der Waals surface area contributed by atoms with Gasteiger partial charge in [-0.1, -0.05) is 61.8 Å². The van der Waals surface area contributed by atoms with Crippen LogP contribution in [0.4, 0.5) is 0 Å². The van der Waals surface area contributed by atoms with Gasteiger partial charge in [0.2, 0.25) is 0 Å². The molecule has 0 spiro atoms. The van der Waals surface area contributed by atoms with Crippen LogP contribution >= 0.6 is 0 Å². The maximum absolute atomic E-state index is 2.51. The molecule has 0 amide bonds. The van der Waals surface area contributed by atoms with E-state index in [1.54, 1.807) is 0 Å². The fraction of sp³-hybridized carbons (Fsp3) is 1.00. The van der Waals surface area contributed by atoms with Gasteiger partial charge in [-0.15, -0.1) is 0 Å². The van der Waals surface area contributed by atoms with Gasteiger partial charge < -0.3 is 0 Å². The monoisotopic (exact) mass is 252 g/mol. The molecule has 1 aliphatic rings. The standard InChI is InChI=1S/C18H36/c1-9-17(7,10-14(2)3)12-16(5,6)13-18(8)11-15(18)4/h14-15H,9-13H2,1-8H3. The second kappa shape index (κ2) is 5.17. The van der Waals surface area contributed by atoms with Gasteiger partial charge in [0.05, 0.1) is 0 Å². The lowest BCUT2D eigenvalue weighted by Gasteiger charge is -2.40. The first-order chi connectivity index (χ1) is 8.02. The summed E-state index contributed by atoms with van der Waals surface area (Å²) < 4.78 is 0. The summed E-state index contributed by atoms with van der Waals surface area (Å²) >= 11 is 0. The smallest absolute Gasteiger partial charge is 0.0292 e. The van der Waals surface area contributed by atoms with E-state index in [2.05, 4.69) is 55.4 Å². The van der Waals surface area contributed by atoms with Crippen LogP contribution in [0.5, 0.6) is 0 Å². The first-order valence-corrected chi connectivity index (χ1v) is 8.02. The third-order valence-electron chi connectivity index (χ3n) is 5.34. The predicted molar refractivity (Wildman–Crippen MR) is 82.8 cm³/mol. The summed E-state index contributed by atoms with van der Waals surface area (Å²) in [6, 6.07) is 0. The van der Waals surface area contributed by atoms with E-state index in [9.17, 15) is 0 Å². The molecule has 0 bridgehead atoms. The Morgan fingerprint density at radius 1 is 1.22 bits per heavy atom. The maximum Gasteiger partial charge on any atom is -0.0292 e. The Morgan fingerprint density at radius 3 is 2.06 bits per heavy atom. The van der Waals surface area contributed by atoms with Crippen LogP contribution in [0, 0.1) is 28.1 Å². The minimum atomic E-state index is 0.499. The Balaban J connectivity index is 2.62. The topological polar surface area (TPSA) is 0 Å². The molecule has 0 aromatic heterocycles. The van der Waals surface area contributed by atoms with Crippen molar-refractivity contribution in [2.45, 2.75) is 87.5 Å². The van der Waals surface area contributed by atoms with Crippen LogP contribution in [0.25, 0.3) is 0 Å². The largest absolute Gasteiger partial charge is 0.0649 e. The molecule has 3 atom stereocenters. The van der Waals surface area contributed by atoms with Crippen LogP contribution in [0.2, 0.25) is 0 Å². The minimum Gasteiger partial charge on any atom is -0.0649 e.